The third-order valence-corrected chi connectivity index (χ3v) is 2.67. The zero-order valence-corrected chi connectivity index (χ0v) is 11.1. The Morgan fingerprint density at radius 1 is 1.00 bits per heavy atom. The molecule has 8 nitrogen and oxygen atoms in total. The zero-order chi connectivity index (χ0) is 14.7. The van der Waals surface area contributed by atoms with Crippen LogP contribution in [0.5, 0.6) is 17.2 Å². The van der Waals surface area contributed by atoms with Crippen LogP contribution in [-0.4, -0.2) is 36.5 Å². The van der Waals surface area contributed by atoms with Gasteiger partial charge in [-0.1, -0.05) is 0 Å². The van der Waals surface area contributed by atoms with E-state index >= 15 is 0 Å². The first-order chi connectivity index (χ1) is 9.62. The maximum atomic E-state index is 11.8. The molecule has 0 spiro atoms. The summed E-state index contributed by atoms with van der Waals surface area (Å²) in [6.07, 6.45) is 0. The number of ether oxygens (including phenoxy) is 3. The Kier molecular flexibility index (Phi) is 3.74. The van der Waals surface area contributed by atoms with Gasteiger partial charge in [0.05, 0.1) is 26.9 Å². The van der Waals surface area contributed by atoms with Crippen LogP contribution in [0, 0.1) is 0 Å². The van der Waals surface area contributed by atoms with Crippen LogP contribution in [0.25, 0.3) is 11.3 Å². The number of methoxy groups -OCH3 is 3. The Morgan fingerprint density at radius 2 is 1.70 bits per heavy atom. The molecule has 8 heteroatoms. The van der Waals surface area contributed by atoms with Gasteiger partial charge in [0.25, 0.3) is 5.56 Å². The fraction of sp³-hybridized carbons (Fsp3) is 0.250. The standard InChI is InChI=1S/C12H13N3O5/c1-18-7-5-4-6(9(19-2)10(7)20-3)8-11(16)13-12(17)15-14-8/h4-5H,1-3H3,(H2,13,15,16,17). The van der Waals surface area contributed by atoms with E-state index < -0.39 is 11.2 Å². The highest BCUT2D eigenvalue weighted by Crippen LogP contribution is 2.42. The first-order valence-corrected chi connectivity index (χ1v) is 5.60. The molecular weight excluding hydrogens is 266 g/mol. The summed E-state index contributed by atoms with van der Waals surface area (Å²) in [5.41, 5.74) is -0.914. The molecule has 0 aliphatic rings. The fourth-order valence-corrected chi connectivity index (χ4v) is 1.82. The van der Waals surface area contributed by atoms with E-state index in [1.807, 2.05) is 0 Å². The van der Waals surface area contributed by atoms with Gasteiger partial charge in [0, 0.05) is 0 Å². The molecule has 0 unspecified atom stereocenters. The third kappa shape index (κ3) is 2.22. The first-order valence-electron chi connectivity index (χ1n) is 5.60. The highest BCUT2D eigenvalue weighted by molar-refractivity contribution is 5.73. The highest BCUT2D eigenvalue weighted by atomic mass is 16.5. The monoisotopic (exact) mass is 279 g/mol. The van der Waals surface area contributed by atoms with Crippen LogP contribution in [0.3, 0.4) is 0 Å². The summed E-state index contributed by atoms with van der Waals surface area (Å²) in [6, 6.07) is 3.21. The number of hydrogen-bond donors (Lipinski definition) is 2. The van der Waals surface area contributed by atoms with Gasteiger partial charge in [0.1, 0.15) is 0 Å². The average Bonchev–Trinajstić information content (AvgIpc) is 2.45. The molecule has 0 aliphatic heterocycles. The van der Waals surface area contributed by atoms with Crippen molar-refractivity contribution in [3.05, 3.63) is 33.0 Å². The maximum absolute atomic E-state index is 11.8. The summed E-state index contributed by atoms with van der Waals surface area (Å²) in [5, 5.41) is 5.90. The second-order valence-corrected chi connectivity index (χ2v) is 3.74. The lowest BCUT2D eigenvalue weighted by Crippen LogP contribution is -2.25. The van der Waals surface area contributed by atoms with Crippen LogP contribution in [0.15, 0.2) is 21.7 Å². The summed E-state index contributed by atoms with van der Waals surface area (Å²) < 4.78 is 15.6. The molecule has 0 atom stereocenters. The number of nitrogens with one attached hydrogen (secondary N) is 2. The number of nitrogens with zero attached hydrogens (tertiary/aromatic N) is 1. The van der Waals surface area contributed by atoms with Gasteiger partial charge < -0.3 is 14.2 Å². The van der Waals surface area contributed by atoms with Gasteiger partial charge in [-0.25, -0.2) is 9.89 Å². The summed E-state index contributed by atoms with van der Waals surface area (Å²) in [7, 11) is 4.37. The van der Waals surface area contributed by atoms with Crippen molar-refractivity contribution in [1.29, 1.82) is 0 Å². The molecule has 2 N–H and O–H groups in total. The Labute approximate surface area is 113 Å². The van der Waals surface area contributed by atoms with Crippen molar-refractivity contribution in [1.82, 2.24) is 15.2 Å². The molecule has 0 fully saturated rings. The summed E-state index contributed by atoms with van der Waals surface area (Å²) >= 11 is 0. The molecule has 0 saturated carbocycles. The smallest absolute Gasteiger partial charge is 0.342 e. The second kappa shape index (κ2) is 5.47. The largest absolute Gasteiger partial charge is 0.493 e. The molecule has 0 amide bonds. The van der Waals surface area contributed by atoms with Crippen molar-refractivity contribution in [2.75, 3.05) is 21.3 Å². The number of H-pyrrole nitrogens is 2. The van der Waals surface area contributed by atoms with Gasteiger partial charge in [-0.3, -0.25) is 9.78 Å². The van der Waals surface area contributed by atoms with Crippen LogP contribution in [0.2, 0.25) is 0 Å². The molecule has 0 aliphatic carbocycles. The lowest BCUT2D eigenvalue weighted by molar-refractivity contribution is 0.325. The van der Waals surface area contributed by atoms with Gasteiger partial charge in [-0.15, -0.1) is 0 Å². The number of benzene rings is 1. The summed E-state index contributed by atoms with van der Waals surface area (Å²) in [4.78, 5) is 24.9. The van der Waals surface area contributed by atoms with Gasteiger partial charge in [0.15, 0.2) is 17.2 Å². The summed E-state index contributed by atoms with van der Waals surface area (Å²) in [5.74, 6) is 1.07. The van der Waals surface area contributed by atoms with Crippen LogP contribution >= 0.6 is 0 Å². The van der Waals surface area contributed by atoms with E-state index in [-0.39, 0.29) is 11.4 Å². The Hall–Kier alpha value is -2.77. The van der Waals surface area contributed by atoms with Crippen molar-refractivity contribution >= 4 is 0 Å². The molecule has 0 bridgehead atoms. The number of aromatic nitrogens is 3. The molecule has 2 rings (SSSR count). The predicted molar refractivity (Wildman–Crippen MR) is 70.6 cm³/mol. The molecule has 0 saturated heterocycles. The van der Waals surface area contributed by atoms with Gasteiger partial charge in [-0.05, 0) is 12.1 Å². The maximum Gasteiger partial charge on any atom is 0.342 e. The SMILES string of the molecule is COc1ccc(-c2n[nH]c(=O)[nH]c2=O)c(OC)c1OC. The molecule has 0 radical (unpaired) electrons. The van der Waals surface area contributed by atoms with E-state index in [0.29, 0.717) is 17.1 Å². The number of hydrogen-bond acceptors (Lipinski definition) is 6. The third-order valence-electron chi connectivity index (χ3n) is 2.67. The molecule has 20 heavy (non-hydrogen) atoms. The molecule has 1 aromatic carbocycles. The van der Waals surface area contributed by atoms with E-state index in [1.165, 1.54) is 21.3 Å². The predicted octanol–water partition coefficient (Wildman–Crippen LogP) is 0.151. The molecule has 1 aromatic heterocycles. The van der Waals surface area contributed by atoms with Crippen LogP contribution in [0.1, 0.15) is 0 Å². The Bertz CT molecular complexity index is 735. The van der Waals surface area contributed by atoms with Crippen molar-refractivity contribution < 1.29 is 14.2 Å². The fourth-order valence-electron chi connectivity index (χ4n) is 1.82. The van der Waals surface area contributed by atoms with Crippen LogP contribution in [-0.2, 0) is 0 Å². The van der Waals surface area contributed by atoms with Crippen LogP contribution in [0.4, 0.5) is 0 Å². The first kappa shape index (κ1) is 13.7. The van der Waals surface area contributed by atoms with E-state index in [2.05, 4.69) is 15.2 Å². The minimum Gasteiger partial charge on any atom is -0.493 e. The minimum absolute atomic E-state index is 0.0161. The van der Waals surface area contributed by atoms with Crippen LogP contribution < -0.4 is 25.5 Å². The minimum atomic E-state index is -0.682. The Morgan fingerprint density at radius 3 is 2.25 bits per heavy atom. The highest BCUT2D eigenvalue weighted by Gasteiger charge is 2.19. The van der Waals surface area contributed by atoms with Gasteiger partial charge in [0.2, 0.25) is 5.75 Å². The quantitative estimate of drug-likeness (QED) is 0.825. The van der Waals surface area contributed by atoms with Gasteiger partial charge >= 0.3 is 5.69 Å². The van der Waals surface area contributed by atoms with Crippen molar-refractivity contribution in [2.45, 2.75) is 0 Å². The lowest BCUT2D eigenvalue weighted by Gasteiger charge is -2.14. The molecular formula is C12H13N3O5. The number of rotatable bonds is 4. The van der Waals surface area contributed by atoms with E-state index in [4.69, 9.17) is 14.2 Å². The average molecular weight is 279 g/mol. The van der Waals surface area contributed by atoms with E-state index in [1.54, 1.807) is 12.1 Å². The Balaban J connectivity index is 2.74. The van der Waals surface area contributed by atoms with Crippen molar-refractivity contribution in [3.63, 3.8) is 0 Å². The number of aromatic amines is 2. The normalized spacial score (nSPS) is 10.2. The molecule has 1 heterocycles. The second-order valence-electron chi connectivity index (χ2n) is 3.74. The van der Waals surface area contributed by atoms with Gasteiger partial charge in [-0.2, -0.15) is 5.10 Å². The van der Waals surface area contributed by atoms with E-state index in [9.17, 15) is 9.59 Å². The molecule has 106 valence electrons. The zero-order valence-electron chi connectivity index (χ0n) is 11.1. The van der Waals surface area contributed by atoms with E-state index in [0.717, 1.165) is 0 Å². The molecule has 2 aromatic rings. The summed E-state index contributed by atoms with van der Waals surface area (Å²) in [6.45, 7) is 0. The topological polar surface area (TPSA) is 106 Å². The van der Waals surface area contributed by atoms with Crippen molar-refractivity contribution in [2.24, 2.45) is 0 Å². The van der Waals surface area contributed by atoms with Crippen molar-refractivity contribution in [3.8, 4) is 28.5 Å². The lowest BCUT2D eigenvalue weighted by atomic mass is 10.1.